The van der Waals surface area contributed by atoms with Crippen LogP contribution in [0.2, 0.25) is 0 Å². The minimum absolute atomic E-state index is 0.638. The highest BCUT2D eigenvalue weighted by Gasteiger charge is 2.02. The molecule has 0 spiro atoms. The van der Waals surface area contributed by atoms with Crippen molar-refractivity contribution in [3.63, 3.8) is 0 Å². The Labute approximate surface area is 91.4 Å². The Bertz CT molecular complexity index is 708. The standard InChI is InChI=1S/C11H9N3S/c1-7-2-4-9-8(6-7)3-5-10-12-13-11(15)14(9)10/h2-6H,1H3,(H,13,15). The number of benzene rings is 1. The van der Waals surface area contributed by atoms with Crippen molar-refractivity contribution < 1.29 is 0 Å². The number of aromatic amines is 1. The van der Waals surface area contributed by atoms with E-state index in [0.29, 0.717) is 4.77 Å². The highest BCUT2D eigenvalue weighted by molar-refractivity contribution is 7.71. The van der Waals surface area contributed by atoms with Crippen molar-refractivity contribution in [2.75, 3.05) is 0 Å². The third kappa shape index (κ3) is 1.18. The highest BCUT2D eigenvalue weighted by atomic mass is 32.1. The first-order valence-corrected chi connectivity index (χ1v) is 5.13. The molecule has 0 unspecified atom stereocenters. The molecule has 0 saturated heterocycles. The molecule has 0 atom stereocenters. The van der Waals surface area contributed by atoms with Crippen molar-refractivity contribution in [1.82, 2.24) is 14.6 Å². The summed E-state index contributed by atoms with van der Waals surface area (Å²) in [7, 11) is 0. The van der Waals surface area contributed by atoms with Crippen LogP contribution >= 0.6 is 12.2 Å². The van der Waals surface area contributed by atoms with Gasteiger partial charge in [-0.25, -0.2) is 0 Å². The lowest BCUT2D eigenvalue weighted by Gasteiger charge is -2.01. The van der Waals surface area contributed by atoms with Crippen LogP contribution in [0.5, 0.6) is 0 Å². The topological polar surface area (TPSA) is 33.1 Å². The van der Waals surface area contributed by atoms with Gasteiger partial charge in [-0.05, 0) is 48.8 Å². The van der Waals surface area contributed by atoms with Gasteiger partial charge in [-0.1, -0.05) is 11.6 Å². The van der Waals surface area contributed by atoms with E-state index in [1.165, 1.54) is 10.9 Å². The van der Waals surface area contributed by atoms with Crippen LogP contribution in [0.4, 0.5) is 0 Å². The molecule has 0 saturated carbocycles. The van der Waals surface area contributed by atoms with E-state index in [1.54, 1.807) is 0 Å². The molecule has 15 heavy (non-hydrogen) atoms. The number of nitrogens with zero attached hydrogens (tertiary/aromatic N) is 2. The second kappa shape index (κ2) is 2.90. The fraction of sp³-hybridized carbons (Fsp3) is 0.0909. The molecule has 2 heterocycles. The summed E-state index contributed by atoms with van der Waals surface area (Å²) in [6.07, 6.45) is 0. The molecule has 0 aliphatic carbocycles. The molecule has 3 nitrogen and oxygen atoms in total. The average Bonchev–Trinajstić information content (AvgIpc) is 2.60. The van der Waals surface area contributed by atoms with Gasteiger partial charge >= 0.3 is 0 Å². The van der Waals surface area contributed by atoms with Gasteiger partial charge in [0.25, 0.3) is 0 Å². The van der Waals surface area contributed by atoms with Crippen molar-refractivity contribution in [1.29, 1.82) is 0 Å². The predicted molar refractivity (Wildman–Crippen MR) is 62.6 cm³/mol. The van der Waals surface area contributed by atoms with Crippen LogP contribution in [-0.2, 0) is 0 Å². The van der Waals surface area contributed by atoms with Crippen LogP contribution in [0.25, 0.3) is 16.6 Å². The van der Waals surface area contributed by atoms with Gasteiger partial charge in [-0.15, -0.1) is 0 Å². The van der Waals surface area contributed by atoms with Gasteiger partial charge in [-0.3, -0.25) is 9.50 Å². The molecule has 0 bridgehead atoms. The Morgan fingerprint density at radius 1 is 1.27 bits per heavy atom. The molecule has 1 aromatic carbocycles. The summed E-state index contributed by atoms with van der Waals surface area (Å²) in [6.45, 7) is 2.08. The lowest BCUT2D eigenvalue weighted by Crippen LogP contribution is -1.88. The average molecular weight is 215 g/mol. The maximum absolute atomic E-state index is 5.19. The number of fused-ring (bicyclic) bond motifs is 3. The van der Waals surface area contributed by atoms with E-state index in [2.05, 4.69) is 41.4 Å². The molecule has 3 rings (SSSR count). The summed E-state index contributed by atoms with van der Waals surface area (Å²) in [5.41, 5.74) is 3.20. The smallest absolute Gasteiger partial charge is 0.200 e. The quantitative estimate of drug-likeness (QED) is 0.585. The van der Waals surface area contributed by atoms with Gasteiger partial charge in [0.2, 0.25) is 0 Å². The van der Waals surface area contributed by atoms with Crippen molar-refractivity contribution >= 4 is 28.8 Å². The Morgan fingerprint density at radius 2 is 2.13 bits per heavy atom. The molecule has 1 N–H and O–H groups in total. The fourth-order valence-corrected chi connectivity index (χ4v) is 2.07. The van der Waals surface area contributed by atoms with Crippen molar-refractivity contribution in [3.05, 3.63) is 40.7 Å². The largest absolute Gasteiger partial charge is 0.268 e. The van der Waals surface area contributed by atoms with Crippen molar-refractivity contribution in [3.8, 4) is 0 Å². The molecule has 74 valence electrons. The molecular weight excluding hydrogens is 206 g/mol. The SMILES string of the molecule is Cc1ccc2c(ccc3n[nH]c(=S)n32)c1. The van der Waals surface area contributed by atoms with Crippen LogP contribution in [0, 0.1) is 11.7 Å². The monoisotopic (exact) mass is 215 g/mol. The molecule has 0 fully saturated rings. The second-order valence-electron chi connectivity index (χ2n) is 3.62. The van der Waals surface area contributed by atoms with Gasteiger partial charge in [0, 0.05) is 0 Å². The fourth-order valence-electron chi connectivity index (χ4n) is 1.83. The normalized spacial score (nSPS) is 11.3. The minimum atomic E-state index is 0.638. The maximum Gasteiger partial charge on any atom is 0.200 e. The van der Waals surface area contributed by atoms with Crippen LogP contribution < -0.4 is 0 Å². The third-order valence-electron chi connectivity index (χ3n) is 2.53. The first kappa shape index (κ1) is 8.61. The number of H-pyrrole nitrogens is 1. The summed E-state index contributed by atoms with van der Waals surface area (Å²) in [4.78, 5) is 0. The Morgan fingerprint density at radius 3 is 3.00 bits per heavy atom. The number of nitrogens with one attached hydrogen (secondary N) is 1. The second-order valence-corrected chi connectivity index (χ2v) is 4.00. The van der Waals surface area contributed by atoms with Crippen LogP contribution in [0.15, 0.2) is 30.3 Å². The summed E-state index contributed by atoms with van der Waals surface area (Å²) < 4.78 is 2.59. The number of hydrogen-bond donors (Lipinski definition) is 1. The van der Waals surface area contributed by atoms with E-state index in [0.717, 1.165) is 11.2 Å². The highest BCUT2D eigenvalue weighted by Crippen LogP contribution is 2.17. The maximum atomic E-state index is 5.19. The van der Waals surface area contributed by atoms with Gasteiger partial charge in [0.05, 0.1) is 5.52 Å². The van der Waals surface area contributed by atoms with Crippen LogP contribution in [0.3, 0.4) is 0 Å². The van der Waals surface area contributed by atoms with Crippen molar-refractivity contribution in [2.24, 2.45) is 0 Å². The zero-order chi connectivity index (χ0) is 10.4. The summed E-state index contributed by atoms with van der Waals surface area (Å²) in [5.74, 6) is 0. The number of rotatable bonds is 0. The lowest BCUT2D eigenvalue weighted by atomic mass is 10.1. The Balaban J connectivity index is 2.64. The Kier molecular flexibility index (Phi) is 1.67. The van der Waals surface area contributed by atoms with E-state index in [9.17, 15) is 0 Å². The summed E-state index contributed by atoms with van der Waals surface area (Å²) in [6, 6.07) is 10.3. The number of aryl methyl sites for hydroxylation is 1. The lowest BCUT2D eigenvalue weighted by molar-refractivity contribution is 1.09. The predicted octanol–water partition coefficient (Wildman–Crippen LogP) is 2.85. The van der Waals surface area contributed by atoms with Gasteiger partial charge in [0.1, 0.15) is 0 Å². The number of aromatic nitrogens is 3. The molecular formula is C11H9N3S. The van der Waals surface area contributed by atoms with E-state index in [1.807, 2.05) is 10.5 Å². The summed E-state index contributed by atoms with van der Waals surface area (Å²) >= 11 is 5.19. The molecule has 0 amide bonds. The first-order chi connectivity index (χ1) is 7.25. The molecule has 0 radical (unpaired) electrons. The van der Waals surface area contributed by atoms with Gasteiger partial charge in [0.15, 0.2) is 10.4 Å². The zero-order valence-corrected chi connectivity index (χ0v) is 9.01. The van der Waals surface area contributed by atoms with Crippen LogP contribution in [0.1, 0.15) is 5.56 Å². The first-order valence-electron chi connectivity index (χ1n) is 4.72. The van der Waals surface area contributed by atoms with Gasteiger partial charge < -0.3 is 0 Å². The third-order valence-corrected chi connectivity index (χ3v) is 2.81. The molecule has 0 aliphatic heterocycles. The number of pyridine rings is 1. The van der Waals surface area contributed by atoms with E-state index >= 15 is 0 Å². The van der Waals surface area contributed by atoms with E-state index in [-0.39, 0.29) is 0 Å². The molecule has 2 aromatic heterocycles. The number of hydrogen-bond acceptors (Lipinski definition) is 2. The van der Waals surface area contributed by atoms with E-state index < -0.39 is 0 Å². The van der Waals surface area contributed by atoms with Crippen LogP contribution in [-0.4, -0.2) is 14.6 Å². The van der Waals surface area contributed by atoms with Crippen molar-refractivity contribution in [2.45, 2.75) is 6.92 Å². The molecule has 4 heteroatoms. The minimum Gasteiger partial charge on any atom is -0.268 e. The zero-order valence-electron chi connectivity index (χ0n) is 8.19. The Hall–Kier alpha value is -1.68. The van der Waals surface area contributed by atoms with E-state index in [4.69, 9.17) is 12.2 Å². The molecule has 3 aromatic rings. The molecule has 0 aliphatic rings. The summed E-state index contributed by atoms with van der Waals surface area (Å²) in [5, 5.41) is 8.12. The van der Waals surface area contributed by atoms with Gasteiger partial charge in [-0.2, -0.15) is 5.10 Å².